The fourth-order valence-electron chi connectivity index (χ4n) is 0.999. The van der Waals surface area contributed by atoms with Crippen LogP contribution < -0.4 is 0 Å². The van der Waals surface area contributed by atoms with E-state index in [1.807, 2.05) is 0 Å². The molecular formula is C11H13N3O2. The lowest BCUT2D eigenvalue weighted by molar-refractivity contribution is -0.131. The van der Waals surface area contributed by atoms with Gasteiger partial charge in [-0.05, 0) is 23.8 Å². The van der Waals surface area contributed by atoms with E-state index in [2.05, 4.69) is 10.3 Å². The van der Waals surface area contributed by atoms with Gasteiger partial charge in [-0.25, -0.2) is 4.79 Å². The van der Waals surface area contributed by atoms with Gasteiger partial charge in [-0.15, -0.1) is 5.11 Å². The lowest BCUT2D eigenvalue weighted by atomic mass is 10.2. The van der Waals surface area contributed by atoms with Crippen LogP contribution in [0, 0.1) is 0 Å². The molecule has 1 aromatic rings. The summed E-state index contributed by atoms with van der Waals surface area (Å²) in [6.07, 6.45) is 2.60. The summed E-state index contributed by atoms with van der Waals surface area (Å²) in [5.41, 5.74) is 1.46. The van der Waals surface area contributed by atoms with E-state index in [1.165, 1.54) is 6.08 Å². The molecular weight excluding hydrogens is 206 g/mol. The van der Waals surface area contributed by atoms with Crippen molar-refractivity contribution in [3.8, 4) is 0 Å². The number of benzene rings is 1. The Bertz CT molecular complexity index is 425. The maximum Gasteiger partial charge on any atom is 0.328 e. The van der Waals surface area contributed by atoms with Gasteiger partial charge in [0.1, 0.15) is 0 Å². The topological polar surface area (TPSA) is 65.3 Å². The minimum absolute atomic E-state index is 0.682. The molecule has 0 aromatic heterocycles. The van der Waals surface area contributed by atoms with E-state index in [-0.39, 0.29) is 0 Å². The fraction of sp³-hybridized carbons (Fsp3) is 0.182. The molecule has 5 nitrogen and oxygen atoms in total. The van der Waals surface area contributed by atoms with E-state index in [9.17, 15) is 4.79 Å². The fourth-order valence-corrected chi connectivity index (χ4v) is 0.999. The quantitative estimate of drug-likeness (QED) is 0.480. The zero-order valence-electron chi connectivity index (χ0n) is 9.16. The summed E-state index contributed by atoms with van der Waals surface area (Å²) < 4.78 is 0. The van der Waals surface area contributed by atoms with E-state index in [4.69, 9.17) is 5.11 Å². The first-order valence-electron chi connectivity index (χ1n) is 4.68. The number of carboxylic acid groups (broad SMARTS) is 1. The number of hydrogen-bond acceptors (Lipinski definition) is 3. The Morgan fingerprint density at radius 2 is 2.19 bits per heavy atom. The first-order chi connectivity index (χ1) is 7.58. The smallest absolute Gasteiger partial charge is 0.328 e. The normalized spacial score (nSPS) is 11.1. The summed E-state index contributed by atoms with van der Waals surface area (Å²) in [5.74, 6) is -0.972. The number of carboxylic acids is 1. The molecule has 0 saturated heterocycles. The van der Waals surface area contributed by atoms with Crippen molar-refractivity contribution in [2.45, 2.75) is 0 Å². The number of hydrogen-bond donors (Lipinski definition) is 1. The highest BCUT2D eigenvalue weighted by Gasteiger charge is 1.93. The highest BCUT2D eigenvalue weighted by molar-refractivity contribution is 5.85. The van der Waals surface area contributed by atoms with Crippen molar-refractivity contribution in [2.24, 2.45) is 10.3 Å². The van der Waals surface area contributed by atoms with E-state index < -0.39 is 5.97 Å². The maximum absolute atomic E-state index is 10.3. The lowest BCUT2D eigenvalue weighted by Gasteiger charge is -2.00. The summed E-state index contributed by atoms with van der Waals surface area (Å²) >= 11 is 0. The molecule has 0 amide bonds. The minimum atomic E-state index is -0.972. The average Bonchev–Trinajstić information content (AvgIpc) is 2.24. The molecule has 0 bridgehead atoms. The number of rotatable bonds is 4. The predicted molar refractivity (Wildman–Crippen MR) is 61.3 cm³/mol. The van der Waals surface area contributed by atoms with Gasteiger partial charge in [-0.2, -0.15) is 0 Å². The minimum Gasteiger partial charge on any atom is -0.478 e. The van der Waals surface area contributed by atoms with Gasteiger partial charge >= 0.3 is 5.97 Å². The van der Waals surface area contributed by atoms with Crippen LogP contribution in [0.25, 0.3) is 6.08 Å². The van der Waals surface area contributed by atoms with Crippen molar-refractivity contribution in [3.63, 3.8) is 0 Å². The molecule has 0 saturated carbocycles. The van der Waals surface area contributed by atoms with E-state index in [1.54, 1.807) is 43.4 Å². The molecule has 0 atom stereocenters. The largest absolute Gasteiger partial charge is 0.478 e. The Kier molecular flexibility index (Phi) is 4.20. The number of nitrogens with zero attached hydrogens (tertiary/aromatic N) is 3. The molecule has 1 rings (SSSR count). The molecule has 0 radical (unpaired) electrons. The van der Waals surface area contributed by atoms with Gasteiger partial charge in [0, 0.05) is 20.2 Å². The van der Waals surface area contributed by atoms with Crippen LogP contribution in [0.15, 0.2) is 40.7 Å². The van der Waals surface area contributed by atoms with Gasteiger partial charge in [0.2, 0.25) is 0 Å². The number of aliphatic carboxylic acids is 1. The third-order valence-electron chi connectivity index (χ3n) is 1.63. The molecule has 0 spiro atoms. The summed E-state index contributed by atoms with van der Waals surface area (Å²) in [6, 6.07) is 7.15. The lowest BCUT2D eigenvalue weighted by Crippen LogP contribution is -1.98. The standard InChI is InChI=1S/C11H13N3O2/c1-14(2)13-12-10-5-3-4-9(8-10)6-7-11(15)16/h3-8H,1-2H3,(H,15,16). The third-order valence-corrected chi connectivity index (χ3v) is 1.63. The number of carbonyl (C=O) groups is 1. The highest BCUT2D eigenvalue weighted by atomic mass is 16.4. The zero-order valence-corrected chi connectivity index (χ0v) is 9.16. The predicted octanol–water partition coefficient (Wildman–Crippen LogP) is 2.34. The van der Waals surface area contributed by atoms with Crippen molar-refractivity contribution < 1.29 is 9.90 Å². The molecule has 1 aromatic carbocycles. The molecule has 0 unspecified atom stereocenters. The van der Waals surface area contributed by atoms with Crippen LogP contribution in [-0.4, -0.2) is 30.2 Å². The molecule has 0 aliphatic carbocycles. The zero-order chi connectivity index (χ0) is 12.0. The molecule has 0 aliphatic rings. The van der Waals surface area contributed by atoms with Gasteiger partial charge in [0.25, 0.3) is 0 Å². The van der Waals surface area contributed by atoms with Crippen molar-refractivity contribution >= 4 is 17.7 Å². The summed E-state index contributed by atoms with van der Waals surface area (Å²) in [6.45, 7) is 0. The molecule has 16 heavy (non-hydrogen) atoms. The molecule has 0 heterocycles. The Labute approximate surface area is 93.7 Å². The summed E-state index contributed by atoms with van der Waals surface area (Å²) in [5, 5.41) is 17.9. The van der Waals surface area contributed by atoms with Gasteiger partial charge in [0.05, 0.1) is 5.69 Å². The van der Waals surface area contributed by atoms with Gasteiger partial charge in [-0.1, -0.05) is 17.4 Å². The molecule has 1 N–H and O–H groups in total. The Balaban J connectivity index is 2.83. The molecule has 0 fully saturated rings. The van der Waals surface area contributed by atoms with Crippen molar-refractivity contribution in [1.82, 2.24) is 5.01 Å². The SMILES string of the molecule is CN(C)N=Nc1cccc(C=CC(=O)O)c1. The second kappa shape index (κ2) is 5.65. The van der Waals surface area contributed by atoms with Crippen LogP contribution >= 0.6 is 0 Å². The third kappa shape index (κ3) is 4.36. The van der Waals surface area contributed by atoms with Crippen LogP contribution in [0.1, 0.15) is 5.56 Å². The second-order valence-corrected chi connectivity index (χ2v) is 3.30. The Hall–Kier alpha value is -2.17. The van der Waals surface area contributed by atoms with E-state index in [0.717, 1.165) is 11.6 Å². The first kappa shape index (κ1) is 11.9. The van der Waals surface area contributed by atoms with Gasteiger partial charge < -0.3 is 5.11 Å². The van der Waals surface area contributed by atoms with Crippen molar-refractivity contribution in [3.05, 3.63) is 35.9 Å². The second-order valence-electron chi connectivity index (χ2n) is 3.30. The van der Waals surface area contributed by atoms with Crippen molar-refractivity contribution in [1.29, 1.82) is 0 Å². The van der Waals surface area contributed by atoms with Crippen molar-refractivity contribution in [2.75, 3.05) is 14.1 Å². The van der Waals surface area contributed by atoms with E-state index >= 15 is 0 Å². The Morgan fingerprint density at radius 3 is 2.81 bits per heavy atom. The highest BCUT2D eigenvalue weighted by Crippen LogP contribution is 2.15. The van der Waals surface area contributed by atoms with Gasteiger partial charge in [-0.3, -0.25) is 5.01 Å². The van der Waals surface area contributed by atoms with Crippen LogP contribution in [0.3, 0.4) is 0 Å². The van der Waals surface area contributed by atoms with Gasteiger partial charge in [0.15, 0.2) is 0 Å². The monoisotopic (exact) mass is 219 g/mol. The Morgan fingerprint density at radius 1 is 1.44 bits per heavy atom. The summed E-state index contributed by atoms with van der Waals surface area (Å²) in [4.78, 5) is 10.3. The van der Waals surface area contributed by atoms with E-state index in [0.29, 0.717) is 5.69 Å². The molecule has 0 aliphatic heterocycles. The molecule has 5 heteroatoms. The molecule has 84 valence electrons. The summed E-state index contributed by atoms with van der Waals surface area (Å²) in [7, 11) is 3.55. The van der Waals surface area contributed by atoms with Crippen LogP contribution in [0.5, 0.6) is 0 Å². The maximum atomic E-state index is 10.3. The van der Waals surface area contributed by atoms with Crippen LogP contribution in [0.4, 0.5) is 5.69 Å². The van der Waals surface area contributed by atoms with Crippen LogP contribution in [-0.2, 0) is 4.79 Å². The van der Waals surface area contributed by atoms with Crippen LogP contribution in [0.2, 0.25) is 0 Å². The first-order valence-corrected chi connectivity index (χ1v) is 4.68. The average molecular weight is 219 g/mol.